The molecular formula is C13H21NO2. The molecule has 0 saturated heterocycles. The summed E-state index contributed by atoms with van der Waals surface area (Å²) in [7, 11) is 1.68. The molecule has 0 bridgehead atoms. The SMILES string of the molecule is CCCOCC(N)C(OC)c1ccccc1. The maximum absolute atomic E-state index is 6.05. The van der Waals surface area contributed by atoms with Crippen molar-refractivity contribution in [2.24, 2.45) is 5.73 Å². The molecule has 90 valence electrons. The largest absolute Gasteiger partial charge is 0.380 e. The van der Waals surface area contributed by atoms with Crippen LogP contribution in [0.4, 0.5) is 0 Å². The lowest BCUT2D eigenvalue weighted by Crippen LogP contribution is -2.34. The minimum absolute atomic E-state index is 0.0990. The van der Waals surface area contributed by atoms with Crippen LogP contribution in [-0.4, -0.2) is 26.4 Å². The van der Waals surface area contributed by atoms with Crippen molar-refractivity contribution >= 4 is 0 Å². The number of methoxy groups -OCH3 is 1. The smallest absolute Gasteiger partial charge is 0.0994 e. The van der Waals surface area contributed by atoms with E-state index < -0.39 is 0 Å². The van der Waals surface area contributed by atoms with Gasteiger partial charge in [0.1, 0.15) is 0 Å². The summed E-state index contributed by atoms with van der Waals surface area (Å²) in [4.78, 5) is 0. The van der Waals surface area contributed by atoms with Crippen LogP contribution in [0.15, 0.2) is 30.3 Å². The van der Waals surface area contributed by atoms with Crippen LogP contribution in [0.2, 0.25) is 0 Å². The van der Waals surface area contributed by atoms with E-state index in [4.69, 9.17) is 15.2 Å². The Hall–Kier alpha value is -0.900. The van der Waals surface area contributed by atoms with E-state index in [9.17, 15) is 0 Å². The number of hydrogen-bond acceptors (Lipinski definition) is 3. The molecule has 1 rings (SSSR count). The predicted molar refractivity (Wildman–Crippen MR) is 65.3 cm³/mol. The zero-order valence-electron chi connectivity index (χ0n) is 10.1. The minimum atomic E-state index is -0.126. The second-order valence-electron chi connectivity index (χ2n) is 3.81. The van der Waals surface area contributed by atoms with E-state index in [0.29, 0.717) is 6.61 Å². The predicted octanol–water partition coefficient (Wildman–Crippen LogP) is 2.13. The Morgan fingerprint density at radius 3 is 2.50 bits per heavy atom. The highest BCUT2D eigenvalue weighted by Crippen LogP contribution is 2.19. The Kier molecular flexibility index (Phi) is 6.08. The first-order valence-corrected chi connectivity index (χ1v) is 5.70. The average Bonchev–Trinajstić information content (AvgIpc) is 2.32. The third-order valence-electron chi connectivity index (χ3n) is 2.43. The van der Waals surface area contributed by atoms with Crippen molar-refractivity contribution in [3.8, 4) is 0 Å². The van der Waals surface area contributed by atoms with Crippen LogP contribution in [-0.2, 0) is 9.47 Å². The Labute approximate surface area is 97.6 Å². The summed E-state index contributed by atoms with van der Waals surface area (Å²) >= 11 is 0. The van der Waals surface area contributed by atoms with Crippen molar-refractivity contribution in [2.45, 2.75) is 25.5 Å². The number of hydrogen-bond donors (Lipinski definition) is 1. The summed E-state index contributed by atoms with van der Waals surface area (Å²) in [6, 6.07) is 9.87. The molecule has 2 unspecified atom stereocenters. The molecule has 0 amide bonds. The molecule has 2 N–H and O–H groups in total. The summed E-state index contributed by atoms with van der Waals surface area (Å²) < 4.78 is 10.9. The number of benzene rings is 1. The highest BCUT2D eigenvalue weighted by atomic mass is 16.5. The third kappa shape index (κ3) is 3.93. The summed E-state index contributed by atoms with van der Waals surface area (Å²) in [5.41, 5.74) is 7.15. The first-order chi connectivity index (χ1) is 7.79. The van der Waals surface area contributed by atoms with E-state index >= 15 is 0 Å². The fourth-order valence-electron chi connectivity index (χ4n) is 1.65. The van der Waals surface area contributed by atoms with Crippen molar-refractivity contribution < 1.29 is 9.47 Å². The molecule has 0 saturated carbocycles. The van der Waals surface area contributed by atoms with Gasteiger partial charge >= 0.3 is 0 Å². The molecule has 3 nitrogen and oxygen atoms in total. The van der Waals surface area contributed by atoms with Gasteiger partial charge in [0.15, 0.2) is 0 Å². The van der Waals surface area contributed by atoms with E-state index in [1.807, 2.05) is 30.3 Å². The highest BCUT2D eigenvalue weighted by molar-refractivity contribution is 5.19. The van der Waals surface area contributed by atoms with Gasteiger partial charge in [-0.2, -0.15) is 0 Å². The van der Waals surface area contributed by atoms with Gasteiger partial charge in [-0.25, -0.2) is 0 Å². The van der Waals surface area contributed by atoms with E-state index in [0.717, 1.165) is 18.6 Å². The number of nitrogens with two attached hydrogens (primary N) is 1. The van der Waals surface area contributed by atoms with Gasteiger partial charge in [-0.3, -0.25) is 0 Å². The van der Waals surface area contributed by atoms with Crippen LogP contribution in [0.3, 0.4) is 0 Å². The molecule has 0 aliphatic heterocycles. The molecule has 0 spiro atoms. The molecule has 2 atom stereocenters. The fourth-order valence-corrected chi connectivity index (χ4v) is 1.65. The Bertz CT molecular complexity index is 277. The van der Waals surface area contributed by atoms with Crippen LogP contribution in [0.25, 0.3) is 0 Å². The summed E-state index contributed by atoms with van der Waals surface area (Å²) in [6.07, 6.45) is 0.911. The second-order valence-corrected chi connectivity index (χ2v) is 3.81. The molecule has 0 radical (unpaired) electrons. The summed E-state index contributed by atoms with van der Waals surface area (Å²) in [5, 5.41) is 0. The Morgan fingerprint density at radius 2 is 1.94 bits per heavy atom. The van der Waals surface area contributed by atoms with Gasteiger partial charge in [-0.05, 0) is 12.0 Å². The van der Waals surface area contributed by atoms with Crippen LogP contribution >= 0.6 is 0 Å². The van der Waals surface area contributed by atoms with Crippen molar-refractivity contribution in [1.82, 2.24) is 0 Å². The second kappa shape index (κ2) is 7.39. The van der Waals surface area contributed by atoms with Crippen LogP contribution in [0.1, 0.15) is 25.0 Å². The van der Waals surface area contributed by atoms with Gasteiger partial charge < -0.3 is 15.2 Å². The fraction of sp³-hybridized carbons (Fsp3) is 0.538. The molecule has 0 aromatic heterocycles. The Balaban J connectivity index is 2.53. The van der Waals surface area contributed by atoms with E-state index in [1.54, 1.807) is 7.11 Å². The van der Waals surface area contributed by atoms with Gasteiger partial charge in [-0.1, -0.05) is 37.3 Å². The summed E-state index contributed by atoms with van der Waals surface area (Å²) in [6.45, 7) is 3.36. The minimum Gasteiger partial charge on any atom is -0.380 e. The molecule has 1 aromatic carbocycles. The molecular weight excluding hydrogens is 202 g/mol. The van der Waals surface area contributed by atoms with Crippen LogP contribution in [0, 0.1) is 0 Å². The van der Waals surface area contributed by atoms with Crippen molar-refractivity contribution in [1.29, 1.82) is 0 Å². The molecule has 0 fully saturated rings. The zero-order chi connectivity index (χ0) is 11.8. The van der Waals surface area contributed by atoms with Gasteiger partial charge in [0.05, 0.1) is 18.8 Å². The number of ether oxygens (including phenoxy) is 2. The Morgan fingerprint density at radius 1 is 1.25 bits per heavy atom. The van der Waals surface area contributed by atoms with E-state index in [1.165, 1.54) is 0 Å². The van der Waals surface area contributed by atoms with Crippen molar-refractivity contribution in [3.05, 3.63) is 35.9 Å². The number of rotatable bonds is 7. The van der Waals surface area contributed by atoms with Gasteiger partial charge in [0, 0.05) is 13.7 Å². The van der Waals surface area contributed by atoms with Crippen molar-refractivity contribution in [3.63, 3.8) is 0 Å². The van der Waals surface area contributed by atoms with E-state index in [-0.39, 0.29) is 12.1 Å². The molecule has 16 heavy (non-hydrogen) atoms. The molecule has 0 aliphatic carbocycles. The van der Waals surface area contributed by atoms with Crippen LogP contribution < -0.4 is 5.73 Å². The maximum Gasteiger partial charge on any atom is 0.0994 e. The molecule has 0 heterocycles. The maximum atomic E-state index is 6.05. The highest BCUT2D eigenvalue weighted by Gasteiger charge is 2.18. The lowest BCUT2D eigenvalue weighted by molar-refractivity contribution is 0.0334. The normalized spacial score (nSPS) is 14.7. The quantitative estimate of drug-likeness (QED) is 0.720. The average molecular weight is 223 g/mol. The van der Waals surface area contributed by atoms with Gasteiger partial charge in [0.2, 0.25) is 0 Å². The monoisotopic (exact) mass is 223 g/mol. The first-order valence-electron chi connectivity index (χ1n) is 5.70. The third-order valence-corrected chi connectivity index (χ3v) is 2.43. The van der Waals surface area contributed by atoms with Crippen molar-refractivity contribution in [2.75, 3.05) is 20.3 Å². The van der Waals surface area contributed by atoms with Gasteiger partial charge in [0.25, 0.3) is 0 Å². The standard InChI is InChI=1S/C13H21NO2/c1-3-9-16-10-12(14)13(15-2)11-7-5-4-6-8-11/h4-8,12-13H,3,9-10,14H2,1-2H3. The van der Waals surface area contributed by atoms with Crippen LogP contribution in [0.5, 0.6) is 0 Å². The molecule has 1 aromatic rings. The molecule has 3 heteroatoms. The zero-order valence-corrected chi connectivity index (χ0v) is 10.1. The summed E-state index contributed by atoms with van der Waals surface area (Å²) in [5.74, 6) is 0. The first kappa shape index (κ1) is 13.2. The van der Waals surface area contributed by atoms with E-state index in [2.05, 4.69) is 6.92 Å². The topological polar surface area (TPSA) is 44.5 Å². The van der Waals surface area contributed by atoms with Gasteiger partial charge in [-0.15, -0.1) is 0 Å². The molecule has 0 aliphatic rings. The lowest BCUT2D eigenvalue weighted by Gasteiger charge is -2.22. The lowest BCUT2D eigenvalue weighted by atomic mass is 10.0.